The minimum absolute atomic E-state index is 0.235. The van der Waals surface area contributed by atoms with E-state index in [-0.39, 0.29) is 5.91 Å². The Bertz CT molecular complexity index is 1250. The Balaban J connectivity index is 1.47. The van der Waals surface area contributed by atoms with Crippen LogP contribution in [0.1, 0.15) is 11.1 Å². The van der Waals surface area contributed by atoms with Crippen LogP contribution < -0.4 is 5.32 Å². The maximum absolute atomic E-state index is 12.2. The number of carbonyl (C=O) groups excluding carboxylic acids is 1. The van der Waals surface area contributed by atoms with Crippen LogP contribution in [0.25, 0.3) is 28.7 Å². The number of aromatic nitrogens is 1. The van der Waals surface area contributed by atoms with Crippen molar-refractivity contribution >= 4 is 40.9 Å². The predicted octanol–water partition coefficient (Wildman–Crippen LogP) is 7.28. The lowest BCUT2D eigenvalue weighted by molar-refractivity contribution is -0.111. The Morgan fingerprint density at radius 1 is 0.968 bits per heavy atom. The molecule has 0 atom stereocenters. The van der Waals surface area contributed by atoms with Gasteiger partial charge in [-0.15, -0.1) is 0 Å². The van der Waals surface area contributed by atoms with Gasteiger partial charge in [-0.05, 0) is 71.7 Å². The largest absolute Gasteiger partial charge is 0.445 e. The van der Waals surface area contributed by atoms with Crippen molar-refractivity contribution in [2.75, 3.05) is 5.32 Å². The molecule has 0 radical (unpaired) electrons. The minimum Gasteiger partial charge on any atom is -0.445 e. The third kappa shape index (κ3) is 5.05. The van der Waals surface area contributed by atoms with Crippen molar-refractivity contribution in [3.05, 3.63) is 100 Å². The number of anilines is 1. The number of amides is 1. The van der Waals surface area contributed by atoms with Gasteiger partial charge in [0.05, 0.1) is 16.2 Å². The number of nitrogens with one attached hydrogen (secondary N) is 1. The molecule has 0 saturated carbocycles. The van der Waals surface area contributed by atoms with Gasteiger partial charge >= 0.3 is 0 Å². The zero-order valence-electron chi connectivity index (χ0n) is 16.6. The second-order valence-corrected chi connectivity index (χ2v) is 7.75. The van der Waals surface area contributed by atoms with Gasteiger partial charge in [0.1, 0.15) is 6.26 Å². The summed E-state index contributed by atoms with van der Waals surface area (Å²) < 4.78 is 5.40. The molecule has 0 fully saturated rings. The molecule has 3 aromatic carbocycles. The number of benzene rings is 3. The van der Waals surface area contributed by atoms with E-state index >= 15 is 0 Å². The van der Waals surface area contributed by atoms with E-state index in [2.05, 4.69) is 23.3 Å². The molecule has 0 unspecified atom stereocenters. The number of oxazole rings is 1. The Morgan fingerprint density at radius 2 is 1.74 bits per heavy atom. The average molecular weight is 449 g/mol. The molecule has 4 aromatic rings. The molecule has 4 rings (SSSR count). The molecule has 0 aliphatic carbocycles. The smallest absolute Gasteiger partial charge is 0.248 e. The molecule has 4 nitrogen and oxygen atoms in total. The van der Waals surface area contributed by atoms with Crippen LogP contribution in [0.3, 0.4) is 0 Å². The lowest BCUT2D eigenvalue weighted by Crippen LogP contribution is -2.07. The van der Waals surface area contributed by atoms with E-state index in [4.69, 9.17) is 27.6 Å². The summed E-state index contributed by atoms with van der Waals surface area (Å²) in [5.41, 5.74) is 5.66. The Labute approximate surface area is 190 Å². The molecule has 154 valence electrons. The summed E-state index contributed by atoms with van der Waals surface area (Å²) in [4.78, 5) is 16.5. The number of carbonyl (C=O) groups is 1. The SMILES string of the molecule is Cc1ccc(-c2ncco2)cc1-c1ccc(NC(=O)/C=C/c2ccc(Cl)c(Cl)c2)cc1. The van der Waals surface area contributed by atoms with Crippen LogP contribution in [-0.4, -0.2) is 10.9 Å². The highest BCUT2D eigenvalue weighted by Crippen LogP contribution is 2.29. The molecule has 0 spiro atoms. The van der Waals surface area contributed by atoms with E-state index < -0.39 is 0 Å². The average Bonchev–Trinajstić information content (AvgIpc) is 3.31. The number of rotatable bonds is 5. The molecule has 0 aliphatic rings. The third-order valence-corrected chi connectivity index (χ3v) is 5.49. The number of hydrogen-bond donors (Lipinski definition) is 1. The number of hydrogen-bond acceptors (Lipinski definition) is 3. The second kappa shape index (κ2) is 9.21. The molecule has 0 saturated heterocycles. The van der Waals surface area contributed by atoms with E-state index in [9.17, 15) is 4.79 Å². The van der Waals surface area contributed by atoms with Crippen LogP contribution >= 0.6 is 23.2 Å². The van der Waals surface area contributed by atoms with Gasteiger partial charge in [0.2, 0.25) is 11.8 Å². The summed E-state index contributed by atoms with van der Waals surface area (Å²) in [6.07, 6.45) is 6.32. The first-order valence-corrected chi connectivity index (χ1v) is 10.3. The molecule has 1 N–H and O–H groups in total. The lowest BCUT2D eigenvalue weighted by Gasteiger charge is -2.09. The summed E-state index contributed by atoms with van der Waals surface area (Å²) in [5.74, 6) is 0.347. The highest BCUT2D eigenvalue weighted by molar-refractivity contribution is 6.42. The molecular weight excluding hydrogens is 431 g/mol. The monoisotopic (exact) mass is 448 g/mol. The number of nitrogens with zero attached hydrogens (tertiary/aromatic N) is 1. The Hall–Kier alpha value is -3.34. The van der Waals surface area contributed by atoms with Crippen molar-refractivity contribution in [1.82, 2.24) is 4.98 Å². The van der Waals surface area contributed by atoms with Gasteiger partial charge in [-0.2, -0.15) is 0 Å². The summed E-state index contributed by atoms with van der Waals surface area (Å²) >= 11 is 11.9. The number of halogens is 2. The first-order chi connectivity index (χ1) is 15.0. The van der Waals surface area contributed by atoms with Gasteiger partial charge in [-0.3, -0.25) is 4.79 Å². The first-order valence-electron chi connectivity index (χ1n) is 9.55. The van der Waals surface area contributed by atoms with Gasteiger partial charge in [0.25, 0.3) is 0 Å². The standard InChI is InChI=1S/C25H18Cl2N2O2/c1-16-2-5-19(25-28-12-13-31-25)15-21(16)18-6-8-20(9-7-18)29-24(30)11-4-17-3-10-22(26)23(27)14-17/h2-15H,1H3,(H,29,30)/b11-4+. The van der Waals surface area contributed by atoms with Crippen LogP contribution in [0.15, 0.2) is 83.6 Å². The van der Waals surface area contributed by atoms with E-state index in [0.717, 1.165) is 27.8 Å². The predicted molar refractivity (Wildman–Crippen MR) is 126 cm³/mol. The van der Waals surface area contributed by atoms with E-state index in [0.29, 0.717) is 21.6 Å². The molecule has 31 heavy (non-hydrogen) atoms. The molecule has 1 amide bonds. The van der Waals surface area contributed by atoms with Crippen molar-refractivity contribution in [1.29, 1.82) is 0 Å². The maximum atomic E-state index is 12.2. The fraction of sp³-hybridized carbons (Fsp3) is 0.0400. The molecule has 0 bridgehead atoms. The Kier molecular flexibility index (Phi) is 6.21. The van der Waals surface area contributed by atoms with Crippen molar-refractivity contribution in [2.45, 2.75) is 6.92 Å². The van der Waals surface area contributed by atoms with Crippen LogP contribution in [0.2, 0.25) is 10.0 Å². The summed E-state index contributed by atoms with van der Waals surface area (Å²) in [6.45, 7) is 2.05. The highest BCUT2D eigenvalue weighted by Gasteiger charge is 2.08. The Morgan fingerprint density at radius 3 is 2.45 bits per heavy atom. The summed E-state index contributed by atoms with van der Waals surface area (Å²) in [7, 11) is 0. The molecule has 1 heterocycles. The van der Waals surface area contributed by atoms with Crippen LogP contribution in [-0.2, 0) is 4.79 Å². The third-order valence-electron chi connectivity index (χ3n) is 4.75. The number of aryl methyl sites for hydroxylation is 1. The quantitative estimate of drug-likeness (QED) is 0.326. The normalized spacial score (nSPS) is 11.1. The topological polar surface area (TPSA) is 55.1 Å². The van der Waals surface area contributed by atoms with Gasteiger partial charge in [0.15, 0.2) is 0 Å². The molecule has 6 heteroatoms. The van der Waals surface area contributed by atoms with E-state index in [1.165, 1.54) is 6.08 Å². The van der Waals surface area contributed by atoms with E-state index in [1.807, 2.05) is 36.4 Å². The van der Waals surface area contributed by atoms with E-state index in [1.54, 1.807) is 36.7 Å². The van der Waals surface area contributed by atoms with Gasteiger partial charge in [-0.1, -0.05) is 47.5 Å². The zero-order chi connectivity index (χ0) is 21.8. The van der Waals surface area contributed by atoms with Crippen molar-refractivity contribution in [3.8, 4) is 22.6 Å². The van der Waals surface area contributed by atoms with Crippen LogP contribution in [0, 0.1) is 6.92 Å². The fourth-order valence-corrected chi connectivity index (χ4v) is 3.44. The van der Waals surface area contributed by atoms with Gasteiger partial charge in [-0.25, -0.2) is 4.98 Å². The maximum Gasteiger partial charge on any atom is 0.248 e. The van der Waals surface area contributed by atoms with Gasteiger partial charge in [0, 0.05) is 17.3 Å². The summed E-state index contributed by atoms with van der Waals surface area (Å²) in [5, 5.41) is 3.78. The lowest BCUT2D eigenvalue weighted by atomic mass is 9.98. The minimum atomic E-state index is -0.235. The van der Waals surface area contributed by atoms with Crippen LogP contribution in [0.5, 0.6) is 0 Å². The highest BCUT2D eigenvalue weighted by atomic mass is 35.5. The molecule has 0 aliphatic heterocycles. The van der Waals surface area contributed by atoms with Gasteiger partial charge < -0.3 is 9.73 Å². The van der Waals surface area contributed by atoms with Crippen LogP contribution in [0.4, 0.5) is 5.69 Å². The zero-order valence-corrected chi connectivity index (χ0v) is 18.1. The second-order valence-electron chi connectivity index (χ2n) is 6.94. The first kappa shape index (κ1) is 20.9. The summed E-state index contributed by atoms with van der Waals surface area (Å²) in [6, 6.07) is 19.0. The van der Waals surface area contributed by atoms with Crippen molar-refractivity contribution < 1.29 is 9.21 Å². The fourth-order valence-electron chi connectivity index (χ4n) is 3.14. The molecular formula is C25H18Cl2N2O2. The molecule has 1 aromatic heterocycles. The van der Waals surface area contributed by atoms with Crippen molar-refractivity contribution in [2.24, 2.45) is 0 Å². The van der Waals surface area contributed by atoms with Crippen molar-refractivity contribution in [3.63, 3.8) is 0 Å².